The van der Waals surface area contributed by atoms with E-state index in [-0.39, 0.29) is 11.3 Å². The highest BCUT2D eigenvalue weighted by molar-refractivity contribution is 6.06. The van der Waals surface area contributed by atoms with Crippen LogP contribution in [0.15, 0.2) is 47.7 Å². The largest absolute Gasteiger partial charge is 0.493 e. The van der Waals surface area contributed by atoms with E-state index in [1.165, 1.54) is 20.3 Å². The number of anilines is 1. The zero-order chi connectivity index (χ0) is 21.1. The summed E-state index contributed by atoms with van der Waals surface area (Å²) in [6.07, 6.45) is 0. The molecule has 0 saturated heterocycles. The molecule has 0 bridgehead atoms. The van der Waals surface area contributed by atoms with Gasteiger partial charge in [0.15, 0.2) is 23.1 Å². The van der Waals surface area contributed by atoms with Gasteiger partial charge in [-0.05, 0) is 25.1 Å². The maximum atomic E-state index is 13.5. The Hall–Kier alpha value is -3.62. The predicted molar refractivity (Wildman–Crippen MR) is 102 cm³/mol. The van der Waals surface area contributed by atoms with Crippen molar-refractivity contribution in [3.05, 3.63) is 64.9 Å². The van der Waals surface area contributed by atoms with Crippen molar-refractivity contribution in [3.8, 4) is 11.5 Å². The summed E-state index contributed by atoms with van der Waals surface area (Å²) in [5, 5.41) is 7.76. The van der Waals surface area contributed by atoms with Crippen molar-refractivity contribution in [3.63, 3.8) is 0 Å². The van der Waals surface area contributed by atoms with E-state index in [1.807, 2.05) is 0 Å². The Balaban J connectivity index is 2.02. The molecule has 1 aliphatic rings. The van der Waals surface area contributed by atoms with Crippen LogP contribution in [0.5, 0.6) is 11.5 Å². The van der Waals surface area contributed by atoms with Gasteiger partial charge in [0.25, 0.3) is 5.91 Å². The van der Waals surface area contributed by atoms with Crippen molar-refractivity contribution >= 4 is 17.6 Å². The molecule has 1 unspecified atom stereocenters. The quantitative estimate of drug-likeness (QED) is 0.715. The Morgan fingerprint density at radius 2 is 1.86 bits per heavy atom. The Morgan fingerprint density at radius 3 is 2.52 bits per heavy atom. The van der Waals surface area contributed by atoms with E-state index in [4.69, 9.17) is 9.47 Å². The standard InChI is InChI=1S/C20H19F2N3O4/c1-10-16(19(26)24-11-7-8-13(21)14(22)9-11)17(25-20(27)23-10)12-5-4-6-15(28-2)18(12)29-3/h4-9,17H,1-3H3,(H,24,26)(H2,23,25,27). The number of benzene rings is 2. The lowest BCUT2D eigenvalue weighted by Gasteiger charge is -2.30. The number of methoxy groups -OCH3 is 2. The summed E-state index contributed by atoms with van der Waals surface area (Å²) in [7, 11) is 2.92. The third kappa shape index (κ3) is 3.98. The van der Waals surface area contributed by atoms with Crippen LogP contribution in [0.1, 0.15) is 18.5 Å². The number of carbonyl (C=O) groups is 2. The molecule has 152 valence electrons. The molecule has 3 N–H and O–H groups in total. The number of hydrogen-bond acceptors (Lipinski definition) is 4. The minimum atomic E-state index is -1.09. The monoisotopic (exact) mass is 403 g/mol. The molecule has 7 nitrogen and oxygen atoms in total. The van der Waals surface area contributed by atoms with Crippen molar-refractivity contribution in [2.45, 2.75) is 13.0 Å². The molecule has 1 atom stereocenters. The van der Waals surface area contributed by atoms with Gasteiger partial charge in [-0.25, -0.2) is 13.6 Å². The molecule has 3 amide bonds. The van der Waals surface area contributed by atoms with Crippen LogP contribution in [0.2, 0.25) is 0 Å². The highest BCUT2D eigenvalue weighted by Gasteiger charge is 2.33. The molecule has 0 spiro atoms. The van der Waals surface area contributed by atoms with Crippen LogP contribution in [0.3, 0.4) is 0 Å². The van der Waals surface area contributed by atoms with Crippen LogP contribution in [0.25, 0.3) is 0 Å². The molecule has 1 aliphatic heterocycles. The average molecular weight is 403 g/mol. The summed E-state index contributed by atoms with van der Waals surface area (Å²) in [6.45, 7) is 1.57. The first-order chi connectivity index (χ1) is 13.8. The van der Waals surface area contributed by atoms with Gasteiger partial charge >= 0.3 is 6.03 Å². The number of ether oxygens (including phenoxy) is 2. The highest BCUT2D eigenvalue weighted by Crippen LogP contribution is 2.39. The van der Waals surface area contributed by atoms with Crippen molar-refractivity contribution in [2.24, 2.45) is 0 Å². The van der Waals surface area contributed by atoms with Crippen LogP contribution in [0.4, 0.5) is 19.3 Å². The normalized spacial score (nSPS) is 16.0. The van der Waals surface area contributed by atoms with Gasteiger partial charge < -0.3 is 25.4 Å². The Kier molecular flexibility index (Phi) is 5.67. The number of nitrogens with one attached hydrogen (secondary N) is 3. The molecule has 2 aromatic rings. The Bertz CT molecular complexity index is 1010. The van der Waals surface area contributed by atoms with E-state index in [0.717, 1.165) is 12.1 Å². The molecular formula is C20H19F2N3O4. The third-order valence-electron chi connectivity index (χ3n) is 4.44. The summed E-state index contributed by atoms with van der Waals surface area (Å²) in [6, 6.07) is 6.74. The second-order valence-electron chi connectivity index (χ2n) is 6.24. The summed E-state index contributed by atoms with van der Waals surface area (Å²) in [5.41, 5.74) is 1.06. The first-order valence-corrected chi connectivity index (χ1v) is 8.61. The van der Waals surface area contributed by atoms with E-state index in [9.17, 15) is 18.4 Å². The molecule has 0 radical (unpaired) electrons. The number of para-hydroxylation sites is 1. The Labute approximate surface area is 165 Å². The van der Waals surface area contributed by atoms with Gasteiger partial charge in [0.1, 0.15) is 0 Å². The van der Waals surface area contributed by atoms with Crippen molar-refractivity contribution in [1.29, 1.82) is 0 Å². The van der Waals surface area contributed by atoms with Crippen LogP contribution in [-0.2, 0) is 4.79 Å². The lowest BCUT2D eigenvalue weighted by molar-refractivity contribution is -0.113. The second kappa shape index (κ2) is 8.17. The number of urea groups is 1. The summed E-state index contributed by atoms with van der Waals surface area (Å²) >= 11 is 0. The zero-order valence-corrected chi connectivity index (χ0v) is 15.9. The summed E-state index contributed by atoms with van der Waals surface area (Å²) < 4.78 is 37.4. The zero-order valence-electron chi connectivity index (χ0n) is 15.9. The van der Waals surface area contributed by atoms with Crippen molar-refractivity contribution in [2.75, 3.05) is 19.5 Å². The van der Waals surface area contributed by atoms with E-state index in [2.05, 4.69) is 16.0 Å². The smallest absolute Gasteiger partial charge is 0.319 e. The number of amides is 3. The fourth-order valence-electron chi connectivity index (χ4n) is 3.14. The minimum absolute atomic E-state index is 0.0717. The number of halogens is 2. The maximum absolute atomic E-state index is 13.5. The van der Waals surface area contributed by atoms with Gasteiger partial charge in [-0.15, -0.1) is 0 Å². The maximum Gasteiger partial charge on any atom is 0.319 e. The lowest BCUT2D eigenvalue weighted by atomic mass is 9.93. The van der Waals surface area contributed by atoms with Crippen molar-refractivity contribution < 1.29 is 27.8 Å². The number of rotatable bonds is 5. The molecule has 0 aromatic heterocycles. The number of allylic oxidation sites excluding steroid dienone is 1. The highest BCUT2D eigenvalue weighted by atomic mass is 19.2. The average Bonchev–Trinajstić information content (AvgIpc) is 2.69. The number of carbonyl (C=O) groups excluding carboxylic acids is 2. The first kappa shape index (κ1) is 20.1. The van der Waals surface area contributed by atoms with E-state index in [1.54, 1.807) is 25.1 Å². The molecule has 9 heteroatoms. The molecule has 29 heavy (non-hydrogen) atoms. The minimum Gasteiger partial charge on any atom is -0.493 e. The topological polar surface area (TPSA) is 88.7 Å². The van der Waals surface area contributed by atoms with Gasteiger partial charge in [0.2, 0.25) is 0 Å². The van der Waals surface area contributed by atoms with Gasteiger partial charge in [0, 0.05) is 23.0 Å². The molecule has 0 aliphatic carbocycles. The first-order valence-electron chi connectivity index (χ1n) is 8.61. The summed E-state index contributed by atoms with van der Waals surface area (Å²) in [5.74, 6) is -1.93. The van der Waals surface area contributed by atoms with E-state index < -0.39 is 29.6 Å². The van der Waals surface area contributed by atoms with Gasteiger partial charge in [-0.2, -0.15) is 0 Å². The summed E-state index contributed by atoms with van der Waals surface area (Å²) in [4.78, 5) is 25.0. The fourth-order valence-corrected chi connectivity index (χ4v) is 3.14. The number of hydrogen-bond donors (Lipinski definition) is 3. The molecule has 0 saturated carbocycles. The molecule has 0 fully saturated rings. The Morgan fingerprint density at radius 1 is 1.10 bits per heavy atom. The third-order valence-corrected chi connectivity index (χ3v) is 4.44. The van der Waals surface area contributed by atoms with Gasteiger partial charge in [-0.3, -0.25) is 4.79 Å². The SMILES string of the molecule is COc1cccc(C2NC(=O)NC(C)=C2C(=O)Nc2ccc(F)c(F)c2)c1OC. The van der Waals surface area contributed by atoms with Gasteiger partial charge in [-0.1, -0.05) is 12.1 Å². The molecule has 3 rings (SSSR count). The van der Waals surface area contributed by atoms with Crippen LogP contribution in [-0.4, -0.2) is 26.2 Å². The molecule has 2 aromatic carbocycles. The molecule has 1 heterocycles. The van der Waals surface area contributed by atoms with E-state index >= 15 is 0 Å². The predicted octanol–water partition coefficient (Wildman–Crippen LogP) is 3.25. The van der Waals surface area contributed by atoms with Crippen LogP contribution >= 0.6 is 0 Å². The van der Waals surface area contributed by atoms with Crippen molar-refractivity contribution in [1.82, 2.24) is 10.6 Å². The van der Waals surface area contributed by atoms with Crippen LogP contribution < -0.4 is 25.4 Å². The van der Waals surface area contributed by atoms with Crippen LogP contribution in [0, 0.1) is 11.6 Å². The lowest BCUT2D eigenvalue weighted by Crippen LogP contribution is -2.46. The fraction of sp³-hybridized carbons (Fsp3) is 0.200. The second-order valence-corrected chi connectivity index (χ2v) is 6.24. The molecular weight excluding hydrogens is 384 g/mol. The van der Waals surface area contributed by atoms with Gasteiger partial charge in [0.05, 0.1) is 25.8 Å². The van der Waals surface area contributed by atoms with E-state index in [0.29, 0.717) is 22.8 Å².